The Morgan fingerprint density at radius 2 is 1.64 bits per heavy atom. The van der Waals surface area contributed by atoms with Gasteiger partial charge in [0.15, 0.2) is 0 Å². The molecule has 2 aromatic carbocycles. The van der Waals surface area contributed by atoms with E-state index in [9.17, 15) is 25.0 Å². The predicted octanol–water partition coefficient (Wildman–Crippen LogP) is 3.46. The summed E-state index contributed by atoms with van der Waals surface area (Å²) in [5.41, 5.74) is 1.28. The molecule has 0 atom stereocenters. The smallest absolute Gasteiger partial charge is 0.309 e. The number of anilines is 1. The van der Waals surface area contributed by atoms with E-state index < -0.39 is 9.85 Å². The van der Waals surface area contributed by atoms with Gasteiger partial charge in [-0.05, 0) is 36.6 Å². The van der Waals surface area contributed by atoms with Gasteiger partial charge in [-0.1, -0.05) is 12.1 Å². The number of nitro benzene ring substituents is 2. The van der Waals surface area contributed by atoms with Crippen molar-refractivity contribution in [2.45, 2.75) is 19.4 Å². The summed E-state index contributed by atoms with van der Waals surface area (Å²) in [4.78, 5) is 35.2. The number of para-hydroxylation sites is 2. The normalized spacial score (nSPS) is 14.5. The molecule has 146 valence electrons. The number of esters is 1. The molecule has 0 saturated carbocycles. The Morgan fingerprint density at radius 3 is 2.25 bits per heavy atom. The highest BCUT2D eigenvalue weighted by Gasteiger charge is 2.29. The first-order valence-electron chi connectivity index (χ1n) is 8.84. The molecule has 1 heterocycles. The summed E-state index contributed by atoms with van der Waals surface area (Å²) in [5.74, 6) is -0.586. The number of ether oxygens (including phenoxy) is 1. The Kier molecular flexibility index (Phi) is 5.83. The lowest BCUT2D eigenvalue weighted by atomic mass is 9.96. The maximum absolute atomic E-state index is 12.3. The third-order valence-corrected chi connectivity index (χ3v) is 4.78. The second-order valence-corrected chi connectivity index (χ2v) is 6.54. The lowest BCUT2D eigenvalue weighted by Gasteiger charge is -2.32. The number of nitrogens with zero attached hydrogens (tertiary/aromatic N) is 3. The first-order chi connectivity index (χ1) is 13.5. The zero-order chi connectivity index (χ0) is 20.1. The highest BCUT2D eigenvalue weighted by molar-refractivity contribution is 5.73. The van der Waals surface area contributed by atoms with E-state index >= 15 is 0 Å². The maximum Gasteiger partial charge on any atom is 0.309 e. The molecular weight excluding hydrogens is 366 g/mol. The van der Waals surface area contributed by atoms with Crippen LogP contribution in [0.5, 0.6) is 0 Å². The molecular formula is C19H19N3O6. The van der Waals surface area contributed by atoms with Crippen LogP contribution in [0.3, 0.4) is 0 Å². The first kappa shape index (κ1) is 19.3. The number of carbonyl (C=O) groups is 1. The second kappa shape index (κ2) is 8.47. The molecule has 1 fully saturated rings. The van der Waals surface area contributed by atoms with Crippen LogP contribution in [-0.4, -0.2) is 28.9 Å². The first-order valence-corrected chi connectivity index (χ1v) is 8.84. The summed E-state index contributed by atoms with van der Waals surface area (Å²) in [6, 6.07) is 12.4. The van der Waals surface area contributed by atoms with Crippen molar-refractivity contribution in [3.63, 3.8) is 0 Å². The van der Waals surface area contributed by atoms with Crippen molar-refractivity contribution in [3.8, 4) is 0 Å². The fourth-order valence-electron chi connectivity index (χ4n) is 3.23. The van der Waals surface area contributed by atoms with Gasteiger partial charge in [-0.2, -0.15) is 0 Å². The van der Waals surface area contributed by atoms with Crippen molar-refractivity contribution < 1.29 is 19.4 Å². The van der Waals surface area contributed by atoms with Gasteiger partial charge in [0.25, 0.3) is 11.4 Å². The summed E-state index contributed by atoms with van der Waals surface area (Å²) >= 11 is 0. The van der Waals surface area contributed by atoms with Gasteiger partial charge in [-0.15, -0.1) is 0 Å². The minimum absolute atomic E-state index is 0.0162. The molecule has 1 aliphatic rings. The molecule has 1 aliphatic heterocycles. The largest absolute Gasteiger partial charge is 0.461 e. The van der Waals surface area contributed by atoms with Gasteiger partial charge in [-0.25, -0.2) is 0 Å². The van der Waals surface area contributed by atoms with E-state index in [1.807, 2.05) is 4.90 Å². The van der Waals surface area contributed by atoms with Crippen molar-refractivity contribution in [1.29, 1.82) is 0 Å². The Bertz CT molecular complexity index is 875. The van der Waals surface area contributed by atoms with Crippen LogP contribution in [0, 0.1) is 26.1 Å². The van der Waals surface area contributed by atoms with Crippen LogP contribution in [0.4, 0.5) is 17.1 Å². The van der Waals surface area contributed by atoms with Gasteiger partial charge < -0.3 is 9.64 Å². The molecule has 0 N–H and O–H groups in total. The van der Waals surface area contributed by atoms with Crippen molar-refractivity contribution in [3.05, 3.63) is 74.3 Å². The van der Waals surface area contributed by atoms with E-state index in [-0.39, 0.29) is 29.9 Å². The molecule has 9 nitrogen and oxygen atoms in total. The molecule has 2 aromatic rings. The number of rotatable bonds is 6. The monoisotopic (exact) mass is 385 g/mol. The Morgan fingerprint density at radius 1 is 1.00 bits per heavy atom. The SMILES string of the molecule is O=C(OCc1ccc([N+](=O)[O-])cc1)C1CCN(c2ccccc2[N+](=O)[O-])CC1. The second-order valence-electron chi connectivity index (χ2n) is 6.54. The average molecular weight is 385 g/mol. The quantitative estimate of drug-likeness (QED) is 0.425. The number of nitro groups is 2. The van der Waals surface area contributed by atoms with Crippen LogP contribution in [0.1, 0.15) is 18.4 Å². The lowest BCUT2D eigenvalue weighted by molar-refractivity contribution is -0.384. The van der Waals surface area contributed by atoms with Crippen molar-refractivity contribution in [1.82, 2.24) is 0 Å². The third-order valence-electron chi connectivity index (χ3n) is 4.78. The van der Waals surface area contributed by atoms with Crippen LogP contribution in [0.15, 0.2) is 48.5 Å². The number of non-ortho nitro benzene ring substituents is 1. The lowest BCUT2D eigenvalue weighted by Crippen LogP contribution is -2.37. The van der Waals surface area contributed by atoms with Crippen LogP contribution in [0.25, 0.3) is 0 Å². The van der Waals surface area contributed by atoms with Crippen LogP contribution < -0.4 is 4.90 Å². The molecule has 9 heteroatoms. The minimum atomic E-state index is -0.485. The molecule has 0 aromatic heterocycles. The topological polar surface area (TPSA) is 116 Å². The van der Waals surface area contributed by atoms with E-state index in [1.165, 1.54) is 18.2 Å². The zero-order valence-electron chi connectivity index (χ0n) is 15.0. The van der Waals surface area contributed by atoms with E-state index in [0.717, 1.165) is 0 Å². The van der Waals surface area contributed by atoms with Crippen LogP contribution >= 0.6 is 0 Å². The maximum atomic E-state index is 12.3. The van der Waals surface area contributed by atoms with E-state index in [1.54, 1.807) is 30.3 Å². The standard InChI is InChI=1S/C19H19N3O6/c23-19(28-13-14-5-7-16(8-6-14)21(24)25)15-9-11-20(12-10-15)17-3-1-2-4-18(17)22(26)27/h1-8,15H,9-13H2. The van der Waals surface area contributed by atoms with Gasteiger partial charge in [0.2, 0.25) is 0 Å². The number of benzene rings is 2. The van der Waals surface area contributed by atoms with E-state index in [0.29, 0.717) is 37.2 Å². The molecule has 0 unspecified atom stereocenters. The number of piperidine rings is 1. The molecule has 1 saturated heterocycles. The number of hydrogen-bond donors (Lipinski definition) is 0. The number of hydrogen-bond acceptors (Lipinski definition) is 7. The van der Waals surface area contributed by atoms with Crippen molar-refractivity contribution in [2.75, 3.05) is 18.0 Å². The molecule has 28 heavy (non-hydrogen) atoms. The average Bonchev–Trinajstić information content (AvgIpc) is 2.72. The highest BCUT2D eigenvalue weighted by Crippen LogP contribution is 2.31. The van der Waals surface area contributed by atoms with Crippen molar-refractivity contribution >= 4 is 23.0 Å². The third kappa shape index (κ3) is 4.43. The molecule has 0 spiro atoms. The summed E-state index contributed by atoms with van der Waals surface area (Å²) in [5, 5.41) is 21.8. The van der Waals surface area contributed by atoms with E-state index in [2.05, 4.69) is 0 Å². The Balaban J connectivity index is 1.53. The van der Waals surface area contributed by atoms with Gasteiger partial charge >= 0.3 is 5.97 Å². The summed E-state index contributed by atoms with van der Waals surface area (Å²) in [7, 11) is 0. The van der Waals surface area contributed by atoms with Gasteiger partial charge in [-0.3, -0.25) is 25.0 Å². The molecule has 0 radical (unpaired) electrons. The Labute approximate surface area is 160 Å². The van der Waals surface area contributed by atoms with Gasteiger partial charge in [0, 0.05) is 31.3 Å². The van der Waals surface area contributed by atoms with Crippen LogP contribution in [0.2, 0.25) is 0 Å². The van der Waals surface area contributed by atoms with Crippen molar-refractivity contribution in [2.24, 2.45) is 5.92 Å². The summed E-state index contributed by atoms with van der Waals surface area (Å²) < 4.78 is 5.34. The van der Waals surface area contributed by atoms with Gasteiger partial charge in [0.05, 0.1) is 15.8 Å². The molecule has 0 amide bonds. The molecule has 3 rings (SSSR count). The molecule has 0 aliphatic carbocycles. The molecule has 0 bridgehead atoms. The minimum Gasteiger partial charge on any atom is -0.461 e. The number of carbonyl (C=O) groups excluding carboxylic acids is 1. The fourth-order valence-corrected chi connectivity index (χ4v) is 3.23. The Hall–Kier alpha value is -3.49. The van der Waals surface area contributed by atoms with Crippen LogP contribution in [-0.2, 0) is 16.1 Å². The highest BCUT2D eigenvalue weighted by atomic mass is 16.6. The summed E-state index contributed by atoms with van der Waals surface area (Å²) in [6.07, 6.45) is 1.09. The van der Waals surface area contributed by atoms with E-state index in [4.69, 9.17) is 4.74 Å². The fraction of sp³-hybridized carbons (Fsp3) is 0.316. The van der Waals surface area contributed by atoms with Gasteiger partial charge in [0.1, 0.15) is 12.3 Å². The predicted molar refractivity (Wildman–Crippen MR) is 101 cm³/mol. The summed E-state index contributed by atoms with van der Waals surface area (Å²) in [6.45, 7) is 1.12. The zero-order valence-corrected chi connectivity index (χ0v) is 15.0.